The fraction of sp³-hybridized carbons (Fsp3) is 0.625. The molecular weight excluding hydrogens is 257 g/mol. The highest BCUT2D eigenvalue weighted by Crippen LogP contribution is 2.23. The molecule has 1 nitrogen and oxygen atoms in total. The molecule has 2 atom stereocenters. The molecule has 0 saturated heterocycles. The summed E-state index contributed by atoms with van der Waals surface area (Å²) < 4.78 is 13.1. The van der Waals surface area contributed by atoms with Crippen LogP contribution in [-0.2, 0) is 0 Å². The summed E-state index contributed by atoms with van der Waals surface area (Å²) in [5.41, 5.74) is 6.19. The van der Waals surface area contributed by atoms with Gasteiger partial charge >= 0.3 is 0 Å². The third-order valence-corrected chi connectivity index (χ3v) is 4.62. The molecule has 0 saturated carbocycles. The molecule has 3 heteroatoms. The largest absolute Gasteiger partial charge is 0.327 e. The minimum Gasteiger partial charge on any atom is -0.327 e. The lowest BCUT2D eigenvalue weighted by molar-refractivity contribution is 0.396. The first-order valence-corrected chi connectivity index (χ1v) is 8.28. The fourth-order valence-corrected chi connectivity index (χ4v) is 3.15. The second-order valence-electron chi connectivity index (χ2n) is 5.18. The number of rotatable bonds is 9. The van der Waals surface area contributed by atoms with Crippen LogP contribution in [0.25, 0.3) is 0 Å². The molecular formula is C16H26FNS. The molecule has 0 amide bonds. The lowest BCUT2D eigenvalue weighted by Gasteiger charge is -2.19. The number of halogens is 1. The lowest BCUT2D eigenvalue weighted by atomic mass is 9.93. The molecule has 2 unspecified atom stereocenters. The molecule has 0 aliphatic heterocycles. The second-order valence-corrected chi connectivity index (χ2v) is 6.27. The van der Waals surface area contributed by atoms with E-state index in [9.17, 15) is 4.39 Å². The van der Waals surface area contributed by atoms with E-state index in [-0.39, 0.29) is 11.9 Å². The Labute approximate surface area is 121 Å². The number of hydrogen-bond acceptors (Lipinski definition) is 2. The van der Waals surface area contributed by atoms with Crippen LogP contribution in [0.2, 0.25) is 0 Å². The maximum atomic E-state index is 13.1. The van der Waals surface area contributed by atoms with Crippen LogP contribution in [0.5, 0.6) is 0 Å². The Morgan fingerprint density at radius 2 is 2.11 bits per heavy atom. The molecule has 1 rings (SSSR count). The molecule has 19 heavy (non-hydrogen) atoms. The van der Waals surface area contributed by atoms with Crippen molar-refractivity contribution in [2.24, 2.45) is 11.7 Å². The molecule has 0 aromatic heterocycles. The van der Waals surface area contributed by atoms with Gasteiger partial charge in [-0.1, -0.05) is 45.6 Å². The molecule has 0 fully saturated rings. The molecule has 0 heterocycles. The predicted molar refractivity (Wildman–Crippen MR) is 83.0 cm³/mol. The number of nitrogens with two attached hydrogens (primary N) is 1. The Kier molecular flexibility index (Phi) is 8.15. The van der Waals surface area contributed by atoms with Crippen LogP contribution in [0.1, 0.15) is 46.0 Å². The highest BCUT2D eigenvalue weighted by Gasteiger charge is 2.12. The first kappa shape index (κ1) is 16.5. The smallest absolute Gasteiger partial charge is 0.124 e. The summed E-state index contributed by atoms with van der Waals surface area (Å²) in [6, 6.07) is 6.94. The van der Waals surface area contributed by atoms with Gasteiger partial charge in [-0.15, -0.1) is 11.8 Å². The van der Waals surface area contributed by atoms with Gasteiger partial charge < -0.3 is 5.73 Å². The summed E-state index contributed by atoms with van der Waals surface area (Å²) in [7, 11) is 0. The first-order chi connectivity index (χ1) is 9.15. The third-order valence-electron chi connectivity index (χ3n) is 3.44. The number of benzene rings is 1. The zero-order valence-corrected chi connectivity index (χ0v) is 12.9. The van der Waals surface area contributed by atoms with Crippen molar-refractivity contribution in [3.63, 3.8) is 0 Å². The SMILES string of the molecule is CCCCC(CC)CC(N)CSc1cccc(F)c1. The Morgan fingerprint density at radius 1 is 1.32 bits per heavy atom. The van der Waals surface area contributed by atoms with Crippen molar-refractivity contribution in [1.29, 1.82) is 0 Å². The highest BCUT2D eigenvalue weighted by atomic mass is 32.2. The number of hydrogen-bond donors (Lipinski definition) is 1. The Morgan fingerprint density at radius 3 is 2.74 bits per heavy atom. The van der Waals surface area contributed by atoms with Crippen LogP contribution in [0.3, 0.4) is 0 Å². The lowest BCUT2D eigenvalue weighted by Crippen LogP contribution is -2.26. The van der Waals surface area contributed by atoms with E-state index in [0.29, 0.717) is 0 Å². The minimum atomic E-state index is -0.173. The molecule has 0 aliphatic carbocycles. The average Bonchev–Trinajstić information content (AvgIpc) is 2.41. The molecule has 0 bridgehead atoms. The second kappa shape index (κ2) is 9.38. The van der Waals surface area contributed by atoms with E-state index >= 15 is 0 Å². The summed E-state index contributed by atoms with van der Waals surface area (Å²) in [5, 5.41) is 0. The zero-order chi connectivity index (χ0) is 14.1. The molecule has 1 aromatic rings. The molecule has 0 aliphatic rings. The van der Waals surface area contributed by atoms with Crippen molar-refractivity contribution >= 4 is 11.8 Å². The van der Waals surface area contributed by atoms with E-state index in [1.807, 2.05) is 6.07 Å². The van der Waals surface area contributed by atoms with E-state index in [1.54, 1.807) is 23.9 Å². The van der Waals surface area contributed by atoms with E-state index in [2.05, 4.69) is 13.8 Å². The van der Waals surface area contributed by atoms with Crippen LogP contribution in [0.15, 0.2) is 29.2 Å². The van der Waals surface area contributed by atoms with Gasteiger partial charge in [0.25, 0.3) is 0 Å². The summed E-state index contributed by atoms with van der Waals surface area (Å²) in [6.45, 7) is 4.47. The third kappa shape index (κ3) is 6.98. The maximum Gasteiger partial charge on any atom is 0.124 e. The van der Waals surface area contributed by atoms with Crippen molar-refractivity contribution in [3.8, 4) is 0 Å². The monoisotopic (exact) mass is 283 g/mol. The Balaban J connectivity index is 2.32. The van der Waals surface area contributed by atoms with Gasteiger partial charge in [-0.25, -0.2) is 4.39 Å². The van der Waals surface area contributed by atoms with E-state index in [1.165, 1.54) is 31.7 Å². The van der Waals surface area contributed by atoms with E-state index < -0.39 is 0 Å². The van der Waals surface area contributed by atoms with Gasteiger partial charge in [0.15, 0.2) is 0 Å². The number of unbranched alkanes of at least 4 members (excludes halogenated alkanes) is 1. The normalized spacial score (nSPS) is 14.3. The highest BCUT2D eigenvalue weighted by molar-refractivity contribution is 7.99. The van der Waals surface area contributed by atoms with Crippen molar-refractivity contribution in [1.82, 2.24) is 0 Å². The van der Waals surface area contributed by atoms with Gasteiger partial charge in [0.1, 0.15) is 5.82 Å². The van der Waals surface area contributed by atoms with Crippen molar-refractivity contribution < 1.29 is 4.39 Å². The minimum absolute atomic E-state index is 0.173. The van der Waals surface area contributed by atoms with Crippen molar-refractivity contribution in [2.45, 2.75) is 56.9 Å². The molecule has 0 spiro atoms. The standard InChI is InChI=1S/C16H26FNS/c1-3-5-7-13(4-2)10-15(18)12-19-16-9-6-8-14(17)11-16/h6,8-9,11,13,15H,3-5,7,10,12,18H2,1-2H3. The summed E-state index contributed by atoms with van der Waals surface area (Å²) >= 11 is 1.65. The number of thioether (sulfide) groups is 1. The van der Waals surface area contributed by atoms with Gasteiger partial charge in [0.05, 0.1) is 0 Å². The molecule has 108 valence electrons. The van der Waals surface area contributed by atoms with E-state index in [4.69, 9.17) is 5.73 Å². The molecule has 0 radical (unpaired) electrons. The molecule has 1 aromatic carbocycles. The first-order valence-electron chi connectivity index (χ1n) is 7.29. The average molecular weight is 283 g/mol. The van der Waals surface area contributed by atoms with Gasteiger partial charge in [-0.05, 0) is 30.5 Å². The van der Waals surface area contributed by atoms with Gasteiger partial charge in [0, 0.05) is 16.7 Å². The fourth-order valence-electron chi connectivity index (χ4n) is 2.24. The Bertz CT molecular complexity index is 356. The van der Waals surface area contributed by atoms with Crippen LogP contribution >= 0.6 is 11.8 Å². The predicted octanol–water partition coefficient (Wildman–Crippen LogP) is 4.85. The molecule has 2 N–H and O–H groups in total. The van der Waals surface area contributed by atoms with Gasteiger partial charge in [-0.3, -0.25) is 0 Å². The van der Waals surface area contributed by atoms with Crippen molar-refractivity contribution in [3.05, 3.63) is 30.1 Å². The maximum absolute atomic E-state index is 13.1. The summed E-state index contributed by atoms with van der Waals surface area (Å²) in [6.07, 6.45) is 6.12. The topological polar surface area (TPSA) is 26.0 Å². The summed E-state index contributed by atoms with van der Waals surface area (Å²) in [5.74, 6) is 1.43. The quantitative estimate of drug-likeness (QED) is 0.655. The van der Waals surface area contributed by atoms with Crippen LogP contribution in [0, 0.1) is 11.7 Å². The Hall–Kier alpha value is -0.540. The van der Waals surface area contributed by atoms with E-state index in [0.717, 1.165) is 23.0 Å². The van der Waals surface area contributed by atoms with Gasteiger partial charge in [-0.2, -0.15) is 0 Å². The van der Waals surface area contributed by atoms with Crippen molar-refractivity contribution in [2.75, 3.05) is 5.75 Å². The summed E-state index contributed by atoms with van der Waals surface area (Å²) in [4.78, 5) is 0.969. The van der Waals surface area contributed by atoms with Gasteiger partial charge in [0.2, 0.25) is 0 Å². The van der Waals surface area contributed by atoms with Crippen LogP contribution in [-0.4, -0.2) is 11.8 Å². The van der Waals surface area contributed by atoms with Crippen LogP contribution in [0.4, 0.5) is 4.39 Å². The van der Waals surface area contributed by atoms with Crippen LogP contribution < -0.4 is 5.73 Å². The zero-order valence-electron chi connectivity index (χ0n) is 12.1.